The quantitative estimate of drug-likeness (QED) is 0.907. The Kier molecular flexibility index (Phi) is 4.66. The number of ether oxygens (including phenoxy) is 2. The van der Waals surface area contributed by atoms with Crippen LogP contribution in [-0.4, -0.2) is 41.4 Å². The highest BCUT2D eigenvalue weighted by Gasteiger charge is 2.42. The van der Waals surface area contributed by atoms with Gasteiger partial charge in [-0.2, -0.15) is 0 Å². The first-order valence-electron chi connectivity index (χ1n) is 7.33. The monoisotopic (exact) mass is 335 g/mol. The van der Waals surface area contributed by atoms with Crippen molar-refractivity contribution in [2.45, 2.75) is 18.6 Å². The zero-order valence-electron chi connectivity index (χ0n) is 12.8. The molecule has 0 bridgehead atoms. The second-order valence-corrected chi connectivity index (χ2v) is 5.80. The average molecular weight is 336 g/mol. The number of aromatic nitrogens is 2. The van der Waals surface area contributed by atoms with Gasteiger partial charge in [0.25, 0.3) is 5.91 Å². The van der Waals surface area contributed by atoms with Gasteiger partial charge in [0.05, 0.1) is 25.2 Å². The third-order valence-corrected chi connectivity index (χ3v) is 4.45. The van der Waals surface area contributed by atoms with E-state index in [1.165, 1.54) is 7.11 Å². The van der Waals surface area contributed by atoms with Crippen LogP contribution in [0.15, 0.2) is 36.9 Å². The SMILES string of the molecule is CO[C@]1(C(=O)NCc2c(Cl)cccc2-n2ccnc2)CCOC1. The van der Waals surface area contributed by atoms with Crippen molar-refractivity contribution in [2.75, 3.05) is 20.3 Å². The van der Waals surface area contributed by atoms with Gasteiger partial charge in [-0.3, -0.25) is 4.79 Å². The summed E-state index contributed by atoms with van der Waals surface area (Å²) in [6.07, 6.45) is 5.77. The lowest BCUT2D eigenvalue weighted by atomic mass is 10.0. The van der Waals surface area contributed by atoms with Crippen LogP contribution in [0.2, 0.25) is 5.02 Å². The van der Waals surface area contributed by atoms with Crippen LogP contribution in [0.5, 0.6) is 0 Å². The first-order valence-corrected chi connectivity index (χ1v) is 7.71. The van der Waals surface area contributed by atoms with Crippen molar-refractivity contribution in [3.63, 3.8) is 0 Å². The molecule has 0 spiro atoms. The molecular weight excluding hydrogens is 318 g/mol. The number of nitrogens with zero attached hydrogens (tertiary/aromatic N) is 2. The summed E-state index contributed by atoms with van der Waals surface area (Å²) in [5.41, 5.74) is 0.797. The molecule has 1 aliphatic heterocycles. The molecule has 1 atom stereocenters. The average Bonchev–Trinajstić information content (AvgIpc) is 3.25. The summed E-state index contributed by atoms with van der Waals surface area (Å²) < 4.78 is 12.6. The molecule has 2 heterocycles. The maximum absolute atomic E-state index is 12.5. The Bertz CT molecular complexity index is 682. The summed E-state index contributed by atoms with van der Waals surface area (Å²) in [5, 5.41) is 3.50. The van der Waals surface area contributed by atoms with E-state index in [4.69, 9.17) is 21.1 Å². The predicted octanol–water partition coefficient (Wildman–Crippen LogP) is 1.95. The van der Waals surface area contributed by atoms with Gasteiger partial charge in [0.2, 0.25) is 0 Å². The molecule has 1 fully saturated rings. The molecule has 1 saturated heterocycles. The van der Waals surface area contributed by atoms with Gasteiger partial charge in [-0.05, 0) is 12.1 Å². The highest BCUT2D eigenvalue weighted by molar-refractivity contribution is 6.31. The number of hydrogen-bond acceptors (Lipinski definition) is 4. The van der Waals surface area contributed by atoms with Crippen LogP contribution < -0.4 is 5.32 Å². The van der Waals surface area contributed by atoms with E-state index >= 15 is 0 Å². The topological polar surface area (TPSA) is 65.4 Å². The fourth-order valence-corrected chi connectivity index (χ4v) is 2.91. The molecule has 1 aliphatic rings. The van der Waals surface area contributed by atoms with Crippen molar-refractivity contribution in [1.29, 1.82) is 0 Å². The van der Waals surface area contributed by atoms with E-state index in [0.717, 1.165) is 11.3 Å². The van der Waals surface area contributed by atoms with E-state index in [1.807, 2.05) is 22.9 Å². The van der Waals surface area contributed by atoms with Crippen LogP contribution in [0.4, 0.5) is 0 Å². The molecule has 7 heteroatoms. The summed E-state index contributed by atoms with van der Waals surface area (Å²) in [5.74, 6) is -0.186. The van der Waals surface area contributed by atoms with Gasteiger partial charge in [0.1, 0.15) is 0 Å². The van der Waals surface area contributed by atoms with Gasteiger partial charge in [-0.15, -0.1) is 0 Å². The number of methoxy groups -OCH3 is 1. The number of carbonyl (C=O) groups excluding carboxylic acids is 1. The Morgan fingerprint density at radius 2 is 2.43 bits per heavy atom. The lowest BCUT2D eigenvalue weighted by Gasteiger charge is -2.24. The molecule has 1 aromatic carbocycles. The highest BCUT2D eigenvalue weighted by Crippen LogP contribution is 2.25. The molecule has 1 N–H and O–H groups in total. The molecule has 0 unspecified atom stereocenters. The van der Waals surface area contributed by atoms with Crippen molar-refractivity contribution in [3.05, 3.63) is 47.5 Å². The third-order valence-electron chi connectivity index (χ3n) is 4.09. The molecule has 2 aromatic rings. The number of nitrogens with one attached hydrogen (secondary N) is 1. The van der Waals surface area contributed by atoms with E-state index in [1.54, 1.807) is 18.6 Å². The van der Waals surface area contributed by atoms with Gasteiger partial charge >= 0.3 is 0 Å². The van der Waals surface area contributed by atoms with Crippen LogP contribution in [0.25, 0.3) is 5.69 Å². The normalized spacial score (nSPS) is 20.6. The molecule has 1 aromatic heterocycles. The Labute approximate surface area is 139 Å². The second-order valence-electron chi connectivity index (χ2n) is 5.39. The number of imidazole rings is 1. The largest absolute Gasteiger partial charge is 0.378 e. The molecule has 0 aliphatic carbocycles. The van der Waals surface area contributed by atoms with E-state index in [9.17, 15) is 4.79 Å². The number of hydrogen-bond donors (Lipinski definition) is 1. The molecule has 0 radical (unpaired) electrons. The van der Waals surface area contributed by atoms with Gasteiger partial charge < -0.3 is 19.4 Å². The minimum Gasteiger partial charge on any atom is -0.378 e. The Balaban J connectivity index is 1.80. The van der Waals surface area contributed by atoms with Crippen molar-refractivity contribution in [1.82, 2.24) is 14.9 Å². The predicted molar refractivity (Wildman–Crippen MR) is 85.6 cm³/mol. The summed E-state index contributed by atoms with van der Waals surface area (Å²) in [7, 11) is 1.53. The summed E-state index contributed by atoms with van der Waals surface area (Å²) >= 11 is 6.32. The smallest absolute Gasteiger partial charge is 0.255 e. The van der Waals surface area contributed by atoms with Gasteiger partial charge in [-0.1, -0.05) is 17.7 Å². The Hall–Kier alpha value is -1.89. The molecular formula is C16H18ClN3O3. The molecule has 0 saturated carbocycles. The number of amides is 1. The lowest BCUT2D eigenvalue weighted by molar-refractivity contribution is -0.143. The third kappa shape index (κ3) is 3.10. The molecule has 6 nitrogen and oxygen atoms in total. The van der Waals surface area contributed by atoms with Gasteiger partial charge in [-0.25, -0.2) is 4.98 Å². The first kappa shape index (κ1) is 16.0. The zero-order valence-corrected chi connectivity index (χ0v) is 13.5. The van der Waals surface area contributed by atoms with Crippen LogP contribution in [0.1, 0.15) is 12.0 Å². The van der Waals surface area contributed by atoms with Crippen molar-refractivity contribution >= 4 is 17.5 Å². The molecule has 1 amide bonds. The fourth-order valence-electron chi connectivity index (χ4n) is 2.67. The van der Waals surface area contributed by atoms with Crippen LogP contribution in [0, 0.1) is 0 Å². The van der Waals surface area contributed by atoms with Crippen molar-refractivity contribution in [2.24, 2.45) is 0 Å². The maximum atomic E-state index is 12.5. The summed E-state index contributed by atoms with van der Waals surface area (Å²) in [6.45, 7) is 1.09. The van der Waals surface area contributed by atoms with Crippen molar-refractivity contribution < 1.29 is 14.3 Å². The van der Waals surface area contributed by atoms with Crippen molar-refractivity contribution in [3.8, 4) is 5.69 Å². The summed E-state index contributed by atoms with van der Waals surface area (Å²) in [4.78, 5) is 16.6. The highest BCUT2D eigenvalue weighted by atomic mass is 35.5. The van der Waals surface area contributed by atoms with E-state index in [0.29, 0.717) is 24.6 Å². The maximum Gasteiger partial charge on any atom is 0.255 e. The lowest BCUT2D eigenvalue weighted by Crippen LogP contribution is -2.48. The Morgan fingerprint density at radius 3 is 3.09 bits per heavy atom. The number of carbonyl (C=O) groups is 1. The molecule has 122 valence electrons. The Morgan fingerprint density at radius 1 is 1.57 bits per heavy atom. The minimum atomic E-state index is -0.906. The molecule has 23 heavy (non-hydrogen) atoms. The van der Waals surface area contributed by atoms with E-state index in [2.05, 4.69) is 10.3 Å². The van der Waals surface area contributed by atoms with Crippen LogP contribution in [-0.2, 0) is 20.8 Å². The number of benzene rings is 1. The minimum absolute atomic E-state index is 0.186. The van der Waals surface area contributed by atoms with Crippen LogP contribution in [0.3, 0.4) is 0 Å². The van der Waals surface area contributed by atoms with E-state index in [-0.39, 0.29) is 12.5 Å². The number of rotatable bonds is 5. The van der Waals surface area contributed by atoms with Gasteiger partial charge in [0.15, 0.2) is 5.60 Å². The fraction of sp³-hybridized carbons (Fsp3) is 0.375. The van der Waals surface area contributed by atoms with Gasteiger partial charge in [0, 0.05) is 43.1 Å². The zero-order chi connectivity index (χ0) is 16.3. The standard InChI is InChI=1S/C16H18ClN3O3/c1-22-16(5-8-23-10-16)15(21)19-9-12-13(17)3-2-4-14(12)20-7-6-18-11-20/h2-4,6-7,11H,5,8-10H2,1H3,(H,19,21)/t16-/m1/s1. The first-order chi connectivity index (χ1) is 11.2. The summed E-state index contributed by atoms with van der Waals surface area (Å²) in [6, 6.07) is 5.60. The second kappa shape index (κ2) is 6.70. The van der Waals surface area contributed by atoms with Crippen LogP contribution >= 0.6 is 11.6 Å². The van der Waals surface area contributed by atoms with E-state index < -0.39 is 5.60 Å². The number of halogens is 1. The molecule has 3 rings (SSSR count).